The molecule has 0 radical (unpaired) electrons. The summed E-state index contributed by atoms with van der Waals surface area (Å²) in [6.45, 7) is 10.9. The molecule has 1 aliphatic heterocycles. The predicted molar refractivity (Wildman–Crippen MR) is 122 cm³/mol. The standard InChI is InChI=1S/C23H33FN6/c1-4-29-11-13-30(14-12-29)22-8-5-19(16-27-22)17-28-23(25-3)26-10-9-20-6-7-21(24)15-18(20)2/h5-8,15-16H,4,9-14,17H2,1-3H3,(H2,25,26,28). The van der Waals surface area contributed by atoms with Crippen LogP contribution < -0.4 is 15.5 Å². The number of halogens is 1. The number of pyridine rings is 1. The number of anilines is 1. The maximum absolute atomic E-state index is 13.2. The largest absolute Gasteiger partial charge is 0.356 e. The number of nitrogens with one attached hydrogen (secondary N) is 2. The molecule has 162 valence electrons. The summed E-state index contributed by atoms with van der Waals surface area (Å²) in [6, 6.07) is 9.15. The van der Waals surface area contributed by atoms with E-state index in [0.717, 1.165) is 74.2 Å². The lowest BCUT2D eigenvalue weighted by Crippen LogP contribution is -2.46. The maximum Gasteiger partial charge on any atom is 0.191 e. The molecule has 7 heteroatoms. The molecule has 1 aliphatic rings. The minimum Gasteiger partial charge on any atom is -0.356 e. The minimum atomic E-state index is -0.190. The third-order valence-electron chi connectivity index (χ3n) is 5.63. The lowest BCUT2D eigenvalue weighted by molar-refractivity contribution is 0.270. The fourth-order valence-corrected chi connectivity index (χ4v) is 3.66. The van der Waals surface area contributed by atoms with Crippen molar-refractivity contribution in [1.82, 2.24) is 20.5 Å². The van der Waals surface area contributed by atoms with Gasteiger partial charge in [-0.25, -0.2) is 9.37 Å². The van der Waals surface area contributed by atoms with Crippen LogP contribution in [0.15, 0.2) is 41.5 Å². The zero-order valence-corrected chi connectivity index (χ0v) is 18.3. The van der Waals surface area contributed by atoms with Crippen LogP contribution in [0.4, 0.5) is 10.2 Å². The number of rotatable bonds is 7. The SMILES string of the molecule is CCN1CCN(c2ccc(CNC(=NC)NCCc3ccc(F)cc3C)cn2)CC1. The Morgan fingerprint density at radius 1 is 1.13 bits per heavy atom. The van der Waals surface area contributed by atoms with E-state index in [1.165, 1.54) is 6.07 Å². The van der Waals surface area contributed by atoms with Crippen molar-refractivity contribution < 1.29 is 4.39 Å². The Morgan fingerprint density at radius 2 is 1.93 bits per heavy atom. The monoisotopic (exact) mass is 412 g/mol. The van der Waals surface area contributed by atoms with E-state index in [0.29, 0.717) is 6.54 Å². The summed E-state index contributed by atoms with van der Waals surface area (Å²) in [5, 5.41) is 6.64. The summed E-state index contributed by atoms with van der Waals surface area (Å²) in [4.78, 5) is 13.7. The van der Waals surface area contributed by atoms with Crippen molar-refractivity contribution in [3.05, 3.63) is 59.0 Å². The molecule has 0 bridgehead atoms. The molecule has 1 aromatic carbocycles. The molecule has 2 aromatic rings. The van der Waals surface area contributed by atoms with Gasteiger partial charge < -0.3 is 20.4 Å². The van der Waals surface area contributed by atoms with E-state index >= 15 is 0 Å². The second-order valence-electron chi connectivity index (χ2n) is 7.62. The third kappa shape index (κ3) is 6.16. The first-order valence-electron chi connectivity index (χ1n) is 10.7. The van der Waals surface area contributed by atoms with Gasteiger partial charge in [-0.05, 0) is 54.8 Å². The van der Waals surface area contributed by atoms with Crippen molar-refractivity contribution >= 4 is 11.8 Å². The van der Waals surface area contributed by atoms with Gasteiger partial charge in [0.05, 0.1) is 0 Å². The lowest BCUT2D eigenvalue weighted by atomic mass is 10.1. The van der Waals surface area contributed by atoms with Gasteiger partial charge in [0.15, 0.2) is 5.96 Å². The van der Waals surface area contributed by atoms with E-state index < -0.39 is 0 Å². The van der Waals surface area contributed by atoms with Crippen LogP contribution in [0.2, 0.25) is 0 Å². The molecular formula is C23H33FN6. The van der Waals surface area contributed by atoms with E-state index in [2.05, 4.69) is 49.5 Å². The molecule has 0 atom stereocenters. The van der Waals surface area contributed by atoms with Crippen LogP contribution >= 0.6 is 0 Å². The van der Waals surface area contributed by atoms with Crippen molar-refractivity contribution in [2.75, 3.05) is 51.2 Å². The fraction of sp³-hybridized carbons (Fsp3) is 0.478. The summed E-state index contributed by atoms with van der Waals surface area (Å²) in [6.07, 6.45) is 2.75. The van der Waals surface area contributed by atoms with Crippen LogP contribution in [0.25, 0.3) is 0 Å². The van der Waals surface area contributed by atoms with Gasteiger partial charge in [0.2, 0.25) is 0 Å². The molecular weight excluding hydrogens is 379 g/mol. The Bertz CT molecular complexity index is 828. The number of guanidine groups is 1. The van der Waals surface area contributed by atoms with Gasteiger partial charge >= 0.3 is 0 Å². The van der Waals surface area contributed by atoms with Crippen LogP contribution in [0.3, 0.4) is 0 Å². The van der Waals surface area contributed by atoms with Gasteiger partial charge in [0.1, 0.15) is 11.6 Å². The first-order valence-corrected chi connectivity index (χ1v) is 10.7. The number of aromatic nitrogens is 1. The van der Waals surface area contributed by atoms with Crippen molar-refractivity contribution in [2.24, 2.45) is 4.99 Å². The van der Waals surface area contributed by atoms with Crippen molar-refractivity contribution in [1.29, 1.82) is 0 Å². The average Bonchev–Trinajstić information content (AvgIpc) is 2.78. The molecule has 1 saturated heterocycles. The van der Waals surface area contributed by atoms with Crippen molar-refractivity contribution in [2.45, 2.75) is 26.8 Å². The van der Waals surface area contributed by atoms with Crippen LogP contribution in [-0.4, -0.2) is 62.2 Å². The Kier molecular flexibility index (Phi) is 8.02. The number of benzene rings is 1. The van der Waals surface area contributed by atoms with Gasteiger partial charge in [-0.2, -0.15) is 0 Å². The molecule has 1 fully saturated rings. The number of hydrogen-bond donors (Lipinski definition) is 2. The van der Waals surface area contributed by atoms with Gasteiger partial charge in [-0.1, -0.05) is 19.1 Å². The normalized spacial score (nSPS) is 15.3. The van der Waals surface area contributed by atoms with Gasteiger partial charge in [0.25, 0.3) is 0 Å². The van der Waals surface area contributed by atoms with Gasteiger partial charge in [0, 0.05) is 52.5 Å². The van der Waals surface area contributed by atoms with Gasteiger partial charge in [-0.3, -0.25) is 4.99 Å². The summed E-state index contributed by atoms with van der Waals surface area (Å²) >= 11 is 0. The fourth-order valence-electron chi connectivity index (χ4n) is 3.66. The molecule has 30 heavy (non-hydrogen) atoms. The molecule has 0 amide bonds. The highest BCUT2D eigenvalue weighted by Crippen LogP contribution is 2.14. The zero-order valence-electron chi connectivity index (χ0n) is 18.3. The molecule has 6 nitrogen and oxygen atoms in total. The molecule has 0 unspecified atom stereocenters. The number of piperazine rings is 1. The highest BCUT2D eigenvalue weighted by Gasteiger charge is 2.16. The van der Waals surface area contributed by atoms with E-state index in [4.69, 9.17) is 0 Å². The topological polar surface area (TPSA) is 55.8 Å². The van der Waals surface area contributed by atoms with Crippen LogP contribution in [-0.2, 0) is 13.0 Å². The van der Waals surface area contributed by atoms with E-state index in [1.54, 1.807) is 13.1 Å². The first kappa shape index (κ1) is 22.0. The van der Waals surface area contributed by atoms with Crippen LogP contribution in [0, 0.1) is 12.7 Å². The van der Waals surface area contributed by atoms with E-state index in [1.807, 2.05) is 19.2 Å². The van der Waals surface area contributed by atoms with Crippen LogP contribution in [0.5, 0.6) is 0 Å². The molecule has 0 aliphatic carbocycles. The number of nitrogens with zero attached hydrogens (tertiary/aromatic N) is 4. The van der Waals surface area contributed by atoms with Crippen molar-refractivity contribution in [3.63, 3.8) is 0 Å². The van der Waals surface area contributed by atoms with E-state index in [-0.39, 0.29) is 5.82 Å². The zero-order chi connectivity index (χ0) is 21.3. The molecule has 0 spiro atoms. The predicted octanol–water partition coefficient (Wildman–Crippen LogP) is 2.58. The molecule has 1 aromatic heterocycles. The summed E-state index contributed by atoms with van der Waals surface area (Å²) in [5.41, 5.74) is 3.23. The molecule has 0 saturated carbocycles. The highest BCUT2D eigenvalue weighted by molar-refractivity contribution is 5.79. The van der Waals surface area contributed by atoms with E-state index in [9.17, 15) is 4.39 Å². The molecule has 2 heterocycles. The maximum atomic E-state index is 13.2. The highest BCUT2D eigenvalue weighted by atomic mass is 19.1. The Labute approximate surface area is 179 Å². The average molecular weight is 413 g/mol. The van der Waals surface area contributed by atoms with Crippen LogP contribution in [0.1, 0.15) is 23.6 Å². The second-order valence-corrected chi connectivity index (χ2v) is 7.62. The van der Waals surface area contributed by atoms with Gasteiger partial charge in [-0.15, -0.1) is 0 Å². The second kappa shape index (κ2) is 10.9. The minimum absolute atomic E-state index is 0.190. The number of aryl methyl sites for hydroxylation is 1. The third-order valence-corrected chi connectivity index (χ3v) is 5.63. The number of hydrogen-bond acceptors (Lipinski definition) is 4. The number of aliphatic imine (C=N–C) groups is 1. The summed E-state index contributed by atoms with van der Waals surface area (Å²) in [7, 11) is 1.76. The quantitative estimate of drug-likeness (QED) is 0.541. The smallest absolute Gasteiger partial charge is 0.191 e. The molecule has 2 N–H and O–H groups in total. The Balaban J connectivity index is 1.43. The van der Waals surface area contributed by atoms with Crippen molar-refractivity contribution in [3.8, 4) is 0 Å². The summed E-state index contributed by atoms with van der Waals surface area (Å²) < 4.78 is 13.2. The number of likely N-dealkylation sites (N-methyl/N-ethyl adjacent to an activating group) is 1. The summed E-state index contributed by atoms with van der Waals surface area (Å²) in [5.74, 6) is 1.60. The Hall–Kier alpha value is -2.67. The first-order chi connectivity index (χ1) is 14.6. The molecule has 3 rings (SSSR count). The Morgan fingerprint density at radius 3 is 2.57 bits per heavy atom. The lowest BCUT2D eigenvalue weighted by Gasteiger charge is -2.34.